The Morgan fingerprint density at radius 2 is 1.96 bits per heavy atom. The normalized spacial score (nSPS) is 21.4. The quantitative estimate of drug-likeness (QED) is 0.911. The highest BCUT2D eigenvalue weighted by Crippen LogP contribution is 2.36. The number of aliphatic carboxylic acids is 1. The minimum absolute atomic E-state index is 0.0413. The molecule has 0 bridgehead atoms. The van der Waals surface area contributed by atoms with Gasteiger partial charge >= 0.3 is 12.1 Å². The molecular formula is C16H18F3NO4. The summed E-state index contributed by atoms with van der Waals surface area (Å²) in [5.41, 5.74) is -0.951. The first-order valence-corrected chi connectivity index (χ1v) is 7.51. The third-order valence-corrected chi connectivity index (χ3v) is 4.10. The molecule has 1 aliphatic heterocycles. The van der Waals surface area contributed by atoms with Gasteiger partial charge in [0, 0.05) is 12.6 Å². The highest BCUT2D eigenvalue weighted by molar-refractivity contribution is 5.79. The molecule has 24 heavy (non-hydrogen) atoms. The number of amides is 1. The number of hydrogen-bond donors (Lipinski definition) is 1. The fourth-order valence-corrected chi connectivity index (χ4v) is 2.71. The van der Waals surface area contributed by atoms with Crippen LogP contribution in [0.5, 0.6) is 5.75 Å². The Morgan fingerprint density at radius 1 is 1.29 bits per heavy atom. The maximum absolute atomic E-state index is 12.9. The number of hydrogen-bond acceptors (Lipinski definition) is 3. The molecule has 0 saturated carbocycles. The van der Waals surface area contributed by atoms with Gasteiger partial charge in [0.1, 0.15) is 5.75 Å². The lowest BCUT2D eigenvalue weighted by Crippen LogP contribution is -2.49. The predicted molar refractivity (Wildman–Crippen MR) is 78.5 cm³/mol. The third-order valence-electron chi connectivity index (χ3n) is 4.10. The number of halogens is 3. The van der Waals surface area contributed by atoms with E-state index < -0.39 is 41.9 Å². The van der Waals surface area contributed by atoms with Gasteiger partial charge in [-0.05, 0) is 31.9 Å². The van der Waals surface area contributed by atoms with Gasteiger partial charge in [0.15, 0.2) is 6.61 Å². The van der Waals surface area contributed by atoms with Crippen molar-refractivity contribution in [2.45, 2.75) is 32.0 Å². The van der Waals surface area contributed by atoms with Crippen molar-refractivity contribution in [2.75, 3.05) is 13.2 Å². The molecule has 2 rings (SSSR count). The largest absolute Gasteiger partial charge is 0.483 e. The third kappa shape index (κ3) is 4.18. The number of carboxylic acid groups (broad SMARTS) is 1. The number of piperidine rings is 1. The van der Waals surface area contributed by atoms with Gasteiger partial charge in [-0.2, -0.15) is 13.2 Å². The topological polar surface area (TPSA) is 66.8 Å². The van der Waals surface area contributed by atoms with E-state index in [1.807, 2.05) is 0 Å². The van der Waals surface area contributed by atoms with Gasteiger partial charge in [0.05, 0.1) is 11.5 Å². The lowest BCUT2D eigenvalue weighted by molar-refractivity contribution is -0.148. The molecule has 132 valence electrons. The second-order valence-electron chi connectivity index (χ2n) is 5.79. The number of rotatable bonds is 4. The zero-order chi connectivity index (χ0) is 17.9. The lowest BCUT2D eigenvalue weighted by Gasteiger charge is -2.36. The Balaban J connectivity index is 2.04. The van der Waals surface area contributed by atoms with Crippen molar-refractivity contribution in [2.24, 2.45) is 5.92 Å². The molecule has 1 N–H and O–H groups in total. The maximum Gasteiger partial charge on any atom is 0.419 e. The van der Waals surface area contributed by atoms with Crippen LogP contribution >= 0.6 is 0 Å². The van der Waals surface area contributed by atoms with Crippen molar-refractivity contribution in [1.29, 1.82) is 0 Å². The van der Waals surface area contributed by atoms with Gasteiger partial charge < -0.3 is 14.7 Å². The standard InChI is InChI=1S/C16H18F3NO4/c1-10-6-7-11(15(22)23)8-20(10)14(21)9-24-13-5-3-2-4-12(13)16(17,18)19/h2-5,10-11H,6-9H2,1H3,(H,22,23). The highest BCUT2D eigenvalue weighted by atomic mass is 19.4. The summed E-state index contributed by atoms with van der Waals surface area (Å²) in [5, 5.41) is 9.06. The van der Waals surface area contributed by atoms with Crippen LogP contribution in [0.2, 0.25) is 0 Å². The van der Waals surface area contributed by atoms with Gasteiger partial charge in [0.25, 0.3) is 5.91 Å². The van der Waals surface area contributed by atoms with Crippen molar-refractivity contribution in [3.05, 3.63) is 29.8 Å². The number of likely N-dealkylation sites (tertiary alicyclic amines) is 1. The maximum atomic E-state index is 12.9. The lowest BCUT2D eigenvalue weighted by atomic mass is 9.93. The zero-order valence-corrected chi connectivity index (χ0v) is 13.0. The van der Waals surface area contributed by atoms with E-state index in [1.165, 1.54) is 17.0 Å². The minimum atomic E-state index is -4.58. The highest BCUT2D eigenvalue weighted by Gasteiger charge is 2.35. The van der Waals surface area contributed by atoms with Crippen LogP contribution in [0.25, 0.3) is 0 Å². The number of para-hydroxylation sites is 1. The van der Waals surface area contributed by atoms with E-state index in [1.54, 1.807) is 6.92 Å². The summed E-state index contributed by atoms with van der Waals surface area (Å²) in [7, 11) is 0. The van der Waals surface area contributed by atoms with E-state index in [-0.39, 0.29) is 12.6 Å². The Hall–Kier alpha value is -2.25. The van der Waals surface area contributed by atoms with E-state index in [2.05, 4.69) is 0 Å². The van der Waals surface area contributed by atoms with E-state index in [0.717, 1.165) is 12.1 Å². The summed E-state index contributed by atoms with van der Waals surface area (Å²) in [4.78, 5) is 24.7. The number of benzene rings is 1. The van der Waals surface area contributed by atoms with Crippen LogP contribution in [0.1, 0.15) is 25.3 Å². The number of nitrogens with zero attached hydrogens (tertiary/aromatic N) is 1. The van der Waals surface area contributed by atoms with Gasteiger partial charge in [-0.15, -0.1) is 0 Å². The summed E-state index contributed by atoms with van der Waals surface area (Å²) in [6.45, 7) is 1.25. The molecule has 2 atom stereocenters. The molecule has 1 heterocycles. The Labute approximate surface area is 137 Å². The summed E-state index contributed by atoms with van der Waals surface area (Å²) in [5.74, 6) is -2.58. The van der Waals surface area contributed by atoms with Gasteiger partial charge in [-0.1, -0.05) is 12.1 Å². The Bertz CT molecular complexity index is 618. The molecule has 1 aliphatic rings. The van der Waals surface area contributed by atoms with E-state index >= 15 is 0 Å². The molecule has 0 aromatic heterocycles. The van der Waals surface area contributed by atoms with Gasteiger partial charge in [-0.25, -0.2) is 0 Å². The number of carbonyl (C=O) groups is 2. The molecule has 1 saturated heterocycles. The van der Waals surface area contributed by atoms with Crippen LogP contribution in [-0.2, 0) is 15.8 Å². The van der Waals surface area contributed by atoms with Crippen molar-refractivity contribution >= 4 is 11.9 Å². The van der Waals surface area contributed by atoms with Gasteiger partial charge in [-0.3, -0.25) is 9.59 Å². The second-order valence-corrected chi connectivity index (χ2v) is 5.79. The molecule has 1 amide bonds. The first-order chi connectivity index (χ1) is 11.2. The molecule has 8 heteroatoms. The molecule has 1 aromatic rings. The van der Waals surface area contributed by atoms with Crippen molar-refractivity contribution < 1.29 is 32.6 Å². The number of alkyl halides is 3. The average molecular weight is 345 g/mol. The van der Waals surface area contributed by atoms with E-state index in [0.29, 0.717) is 12.8 Å². The van der Waals surface area contributed by atoms with E-state index in [9.17, 15) is 22.8 Å². The summed E-state index contributed by atoms with van der Waals surface area (Å²) >= 11 is 0. The Morgan fingerprint density at radius 3 is 2.58 bits per heavy atom. The molecule has 1 fully saturated rings. The zero-order valence-electron chi connectivity index (χ0n) is 13.0. The first kappa shape index (κ1) is 18.1. The number of ether oxygens (including phenoxy) is 1. The monoisotopic (exact) mass is 345 g/mol. The second kappa shape index (κ2) is 7.11. The Kier molecular flexibility index (Phi) is 5.36. The van der Waals surface area contributed by atoms with Crippen LogP contribution in [0.15, 0.2) is 24.3 Å². The van der Waals surface area contributed by atoms with E-state index in [4.69, 9.17) is 9.84 Å². The SMILES string of the molecule is CC1CCC(C(=O)O)CN1C(=O)COc1ccccc1C(F)(F)F. The van der Waals surface area contributed by atoms with Crippen LogP contribution in [0.3, 0.4) is 0 Å². The molecule has 0 radical (unpaired) electrons. The smallest absolute Gasteiger partial charge is 0.419 e. The molecule has 0 spiro atoms. The van der Waals surface area contributed by atoms with Crippen LogP contribution in [0, 0.1) is 5.92 Å². The van der Waals surface area contributed by atoms with Crippen molar-refractivity contribution in [1.82, 2.24) is 4.90 Å². The number of carboxylic acids is 1. The van der Waals surface area contributed by atoms with Crippen LogP contribution in [-0.4, -0.2) is 41.1 Å². The van der Waals surface area contributed by atoms with Gasteiger partial charge in [0.2, 0.25) is 0 Å². The molecular weight excluding hydrogens is 327 g/mol. The molecule has 2 unspecified atom stereocenters. The molecule has 5 nitrogen and oxygen atoms in total. The molecule has 0 aliphatic carbocycles. The fourth-order valence-electron chi connectivity index (χ4n) is 2.71. The van der Waals surface area contributed by atoms with Crippen molar-refractivity contribution in [3.8, 4) is 5.75 Å². The first-order valence-electron chi connectivity index (χ1n) is 7.51. The minimum Gasteiger partial charge on any atom is -0.483 e. The predicted octanol–water partition coefficient (Wildman–Crippen LogP) is 2.80. The van der Waals surface area contributed by atoms with Crippen LogP contribution < -0.4 is 4.74 Å². The fraction of sp³-hybridized carbons (Fsp3) is 0.500. The van der Waals surface area contributed by atoms with Crippen molar-refractivity contribution in [3.63, 3.8) is 0 Å². The summed E-state index contributed by atoms with van der Waals surface area (Å²) in [6.07, 6.45) is -3.58. The summed E-state index contributed by atoms with van der Waals surface area (Å²) < 4.78 is 43.7. The average Bonchev–Trinajstić information content (AvgIpc) is 2.52. The molecule has 1 aromatic carbocycles. The summed E-state index contributed by atoms with van der Waals surface area (Å²) in [6, 6.07) is 4.48. The number of carbonyl (C=O) groups excluding carboxylic acids is 1. The van der Waals surface area contributed by atoms with Crippen LogP contribution in [0.4, 0.5) is 13.2 Å².